The molecule has 1 aliphatic rings. The van der Waals surface area contributed by atoms with E-state index in [1.165, 1.54) is 24.8 Å². The highest BCUT2D eigenvalue weighted by Gasteiger charge is 2.17. The minimum absolute atomic E-state index is 0.102. The van der Waals surface area contributed by atoms with Crippen molar-refractivity contribution in [2.45, 2.75) is 71.5 Å². The fourth-order valence-corrected chi connectivity index (χ4v) is 4.54. The Morgan fingerprint density at radius 3 is 2.66 bits per heavy atom. The lowest BCUT2D eigenvalue weighted by Gasteiger charge is -2.22. The van der Waals surface area contributed by atoms with E-state index in [1.807, 2.05) is 50.2 Å². The highest BCUT2D eigenvalue weighted by molar-refractivity contribution is 5.97. The van der Waals surface area contributed by atoms with Crippen molar-refractivity contribution in [2.24, 2.45) is 0 Å². The molecule has 1 heterocycles. The van der Waals surface area contributed by atoms with Crippen LogP contribution in [0.1, 0.15) is 65.8 Å². The van der Waals surface area contributed by atoms with Crippen LogP contribution in [0.25, 0.3) is 11.0 Å². The van der Waals surface area contributed by atoms with Crippen molar-refractivity contribution in [1.29, 1.82) is 0 Å². The molecule has 1 saturated carbocycles. The van der Waals surface area contributed by atoms with Crippen LogP contribution in [0.3, 0.4) is 0 Å². The monoisotopic (exact) mass is 432 g/mol. The van der Waals surface area contributed by atoms with Gasteiger partial charge in [-0.2, -0.15) is 0 Å². The van der Waals surface area contributed by atoms with Gasteiger partial charge in [0.1, 0.15) is 5.82 Å². The predicted molar refractivity (Wildman–Crippen MR) is 126 cm³/mol. The number of rotatable bonds is 7. The number of carbonyl (C=O) groups is 2. The average Bonchev–Trinajstić information content (AvgIpc) is 3.11. The van der Waals surface area contributed by atoms with Gasteiger partial charge in [-0.1, -0.05) is 49.1 Å². The third-order valence-electron chi connectivity index (χ3n) is 6.27. The highest BCUT2D eigenvalue weighted by atomic mass is 16.2. The van der Waals surface area contributed by atoms with Gasteiger partial charge in [-0.25, -0.2) is 4.98 Å². The summed E-state index contributed by atoms with van der Waals surface area (Å²) < 4.78 is 2.06. The van der Waals surface area contributed by atoms with Gasteiger partial charge < -0.3 is 15.2 Å². The fraction of sp³-hybridized carbons (Fsp3) is 0.423. The first-order valence-corrected chi connectivity index (χ1v) is 11.6. The second-order valence-corrected chi connectivity index (χ2v) is 8.84. The molecule has 168 valence electrons. The van der Waals surface area contributed by atoms with Crippen molar-refractivity contribution >= 4 is 22.8 Å². The molecular weight excluding hydrogens is 400 g/mol. The number of carbonyl (C=O) groups excluding carboxylic acids is 2. The van der Waals surface area contributed by atoms with E-state index in [-0.39, 0.29) is 11.8 Å². The van der Waals surface area contributed by atoms with E-state index in [1.54, 1.807) is 0 Å². The van der Waals surface area contributed by atoms with Crippen LogP contribution in [-0.4, -0.2) is 27.4 Å². The number of benzene rings is 2. The van der Waals surface area contributed by atoms with Crippen molar-refractivity contribution in [1.82, 2.24) is 20.2 Å². The van der Waals surface area contributed by atoms with E-state index in [2.05, 4.69) is 26.3 Å². The standard InChI is InChI=1S/C26H32N4O2/c1-18-7-6-8-20(15-18)17-27-26(32)21-11-12-24-23(16-21)28-19(2)30(24)14-13-25(31)29-22-9-4-3-5-10-22/h6-8,11-12,15-16,22H,3-5,9-10,13-14,17H2,1-2H3,(H,27,32)(H,29,31). The largest absolute Gasteiger partial charge is 0.353 e. The summed E-state index contributed by atoms with van der Waals surface area (Å²) in [6.45, 7) is 5.05. The summed E-state index contributed by atoms with van der Waals surface area (Å²) in [5.41, 5.74) is 4.56. The summed E-state index contributed by atoms with van der Waals surface area (Å²) in [5, 5.41) is 6.16. The van der Waals surface area contributed by atoms with Gasteiger partial charge in [-0.3, -0.25) is 9.59 Å². The van der Waals surface area contributed by atoms with Crippen LogP contribution < -0.4 is 10.6 Å². The number of nitrogens with zero attached hydrogens (tertiary/aromatic N) is 2. The van der Waals surface area contributed by atoms with Gasteiger partial charge in [-0.15, -0.1) is 0 Å². The van der Waals surface area contributed by atoms with Crippen LogP contribution in [-0.2, 0) is 17.9 Å². The topological polar surface area (TPSA) is 76.0 Å². The molecule has 1 fully saturated rings. The van der Waals surface area contributed by atoms with E-state index in [4.69, 9.17) is 0 Å². The zero-order valence-electron chi connectivity index (χ0n) is 19.0. The zero-order valence-corrected chi connectivity index (χ0v) is 19.0. The SMILES string of the molecule is Cc1cccc(CNC(=O)c2ccc3c(c2)nc(C)n3CCC(=O)NC2CCCCC2)c1. The van der Waals surface area contributed by atoms with Crippen molar-refractivity contribution < 1.29 is 9.59 Å². The van der Waals surface area contributed by atoms with Crippen molar-refractivity contribution in [3.05, 3.63) is 65.0 Å². The molecule has 6 heteroatoms. The molecule has 2 N–H and O–H groups in total. The van der Waals surface area contributed by atoms with Gasteiger partial charge in [0.15, 0.2) is 0 Å². The maximum atomic E-state index is 12.6. The van der Waals surface area contributed by atoms with Gasteiger partial charge in [-0.05, 0) is 50.5 Å². The molecule has 1 aliphatic carbocycles. The summed E-state index contributed by atoms with van der Waals surface area (Å²) in [6, 6.07) is 14.0. The van der Waals surface area contributed by atoms with Crippen molar-refractivity contribution in [3.8, 4) is 0 Å². The Hall–Kier alpha value is -3.15. The molecule has 0 bridgehead atoms. The lowest BCUT2D eigenvalue weighted by atomic mass is 9.95. The number of nitrogens with one attached hydrogen (secondary N) is 2. The molecule has 0 saturated heterocycles. The Balaban J connectivity index is 1.38. The minimum Gasteiger partial charge on any atom is -0.353 e. The second kappa shape index (κ2) is 9.98. The van der Waals surface area contributed by atoms with Crippen LogP contribution in [0.5, 0.6) is 0 Å². The summed E-state index contributed by atoms with van der Waals surface area (Å²) in [4.78, 5) is 29.7. The first kappa shape index (κ1) is 22.1. The lowest BCUT2D eigenvalue weighted by molar-refractivity contribution is -0.122. The molecule has 4 rings (SSSR count). The maximum absolute atomic E-state index is 12.6. The van der Waals surface area contributed by atoms with Crippen LogP contribution in [0.4, 0.5) is 0 Å². The number of amides is 2. The van der Waals surface area contributed by atoms with Crippen LogP contribution in [0, 0.1) is 13.8 Å². The van der Waals surface area contributed by atoms with Crippen molar-refractivity contribution in [3.63, 3.8) is 0 Å². The zero-order chi connectivity index (χ0) is 22.5. The average molecular weight is 433 g/mol. The number of hydrogen-bond acceptors (Lipinski definition) is 3. The van der Waals surface area contributed by atoms with E-state index >= 15 is 0 Å². The molecule has 2 aromatic carbocycles. The Labute approximate surface area is 189 Å². The Morgan fingerprint density at radius 1 is 1.06 bits per heavy atom. The van der Waals surface area contributed by atoms with Gasteiger partial charge in [0.2, 0.25) is 5.91 Å². The molecule has 0 aliphatic heterocycles. The minimum atomic E-state index is -0.118. The Kier molecular flexibility index (Phi) is 6.88. The highest BCUT2D eigenvalue weighted by Crippen LogP contribution is 2.20. The molecule has 0 unspecified atom stereocenters. The normalized spacial score (nSPS) is 14.4. The van der Waals surface area contributed by atoms with Gasteiger partial charge in [0.25, 0.3) is 5.91 Å². The summed E-state index contributed by atoms with van der Waals surface area (Å²) in [7, 11) is 0. The molecule has 0 atom stereocenters. The molecule has 0 spiro atoms. The molecule has 3 aromatic rings. The quantitative estimate of drug-likeness (QED) is 0.580. The first-order valence-electron chi connectivity index (χ1n) is 11.6. The molecule has 6 nitrogen and oxygen atoms in total. The van der Waals surface area contributed by atoms with Crippen molar-refractivity contribution in [2.75, 3.05) is 0 Å². The molecule has 1 aromatic heterocycles. The first-order chi connectivity index (χ1) is 15.5. The Morgan fingerprint density at radius 2 is 1.88 bits per heavy atom. The number of aromatic nitrogens is 2. The summed E-state index contributed by atoms with van der Waals surface area (Å²) in [5.74, 6) is 0.834. The maximum Gasteiger partial charge on any atom is 0.251 e. The molecule has 2 amide bonds. The third-order valence-corrected chi connectivity index (χ3v) is 6.27. The summed E-state index contributed by atoms with van der Waals surface area (Å²) in [6.07, 6.45) is 6.30. The van der Waals surface area contributed by atoms with Gasteiger partial charge >= 0.3 is 0 Å². The van der Waals surface area contributed by atoms with Gasteiger partial charge in [0, 0.05) is 31.1 Å². The predicted octanol–water partition coefficient (Wildman–Crippen LogP) is 4.42. The third kappa shape index (κ3) is 5.36. The van der Waals surface area contributed by atoms with E-state index in [9.17, 15) is 9.59 Å². The van der Waals surface area contributed by atoms with Gasteiger partial charge in [0.05, 0.1) is 11.0 Å². The van der Waals surface area contributed by atoms with Crippen LogP contribution in [0.15, 0.2) is 42.5 Å². The molecule has 0 radical (unpaired) electrons. The van der Waals surface area contributed by atoms with E-state index in [0.717, 1.165) is 35.3 Å². The number of aryl methyl sites for hydroxylation is 3. The molecule has 32 heavy (non-hydrogen) atoms. The Bertz CT molecular complexity index is 1110. The number of hydrogen-bond donors (Lipinski definition) is 2. The lowest BCUT2D eigenvalue weighted by Crippen LogP contribution is -2.36. The van der Waals surface area contributed by atoms with E-state index < -0.39 is 0 Å². The number of fused-ring (bicyclic) bond motifs is 1. The fourth-order valence-electron chi connectivity index (χ4n) is 4.54. The van der Waals surface area contributed by atoms with Crippen LogP contribution in [0.2, 0.25) is 0 Å². The summed E-state index contributed by atoms with van der Waals surface area (Å²) >= 11 is 0. The second-order valence-electron chi connectivity index (χ2n) is 8.84. The molecular formula is C26H32N4O2. The van der Waals surface area contributed by atoms with E-state index in [0.29, 0.717) is 31.1 Å². The smallest absolute Gasteiger partial charge is 0.251 e. The van der Waals surface area contributed by atoms with Crippen LogP contribution >= 0.6 is 0 Å². The number of imidazole rings is 1.